The average Bonchev–Trinajstić information content (AvgIpc) is 3.32. The maximum absolute atomic E-state index is 13.1. The lowest BCUT2D eigenvalue weighted by atomic mass is 9.72. The number of urea groups is 1. The molecule has 29 heavy (non-hydrogen) atoms. The van der Waals surface area contributed by atoms with Gasteiger partial charge in [-0.25, -0.2) is 4.79 Å². The zero-order chi connectivity index (χ0) is 19.8. The minimum atomic E-state index is -0.0927. The minimum absolute atomic E-state index is 0.0370. The van der Waals surface area contributed by atoms with Crippen LogP contribution in [-0.4, -0.2) is 47.4 Å². The molecule has 1 atom stereocenters. The van der Waals surface area contributed by atoms with Crippen molar-refractivity contribution in [3.63, 3.8) is 0 Å². The van der Waals surface area contributed by atoms with E-state index in [1.807, 2.05) is 48.2 Å². The summed E-state index contributed by atoms with van der Waals surface area (Å²) in [6.45, 7) is 4.46. The van der Waals surface area contributed by atoms with Crippen LogP contribution < -0.4 is 5.32 Å². The molecule has 1 aromatic heterocycles. The standard InChI is InChI=1S/C22H24N4O3/c1-15-23-20(29-25-15)19-13-26(14-22(19)8-10-28-11-9-22)21(27)24-18-7-6-16-4-2-3-5-17(16)12-18/h2-7,12,19H,8-11,13-14H2,1H3,(H,24,27)/t19-/m0/s1. The van der Waals surface area contributed by atoms with Crippen LogP contribution in [0.1, 0.15) is 30.5 Å². The molecule has 0 aliphatic carbocycles. The molecule has 3 aromatic rings. The Labute approximate surface area is 169 Å². The Morgan fingerprint density at radius 1 is 1.17 bits per heavy atom. The lowest BCUT2D eigenvalue weighted by Crippen LogP contribution is -2.38. The highest BCUT2D eigenvalue weighted by molar-refractivity contribution is 5.93. The van der Waals surface area contributed by atoms with Gasteiger partial charge in [-0.3, -0.25) is 0 Å². The average molecular weight is 392 g/mol. The second kappa shape index (κ2) is 7.15. The van der Waals surface area contributed by atoms with E-state index >= 15 is 0 Å². The lowest BCUT2D eigenvalue weighted by molar-refractivity contribution is 0.00959. The van der Waals surface area contributed by atoms with Gasteiger partial charge in [0.05, 0.1) is 5.92 Å². The molecular weight excluding hydrogens is 368 g/mol. The summed E-state index contributed by atoms with van der Waals surface area (Å²) < 4.78 is 11.1. The van der Waals surface area contributed by atoms with Crippen molar-refractivity contribution in [3.05, 3.63) is 54.2 Å². The van der Waals surface area contributed by atoms with Crippen LogP contribution in [0.3, 0.4) is 0 Å². The summed E-state index contributed by atoms with van der Waals surface area (Å²) >= 11 is 0. The SMILES string of the molecule is Cc1noc([C@@H]2CN(C(=O)Nc3ccc4ccccc4c3)CC23CCOCC3)n1. The monoisotopic (exact) mass is 392 g/mol. The van der Waals surface area contributed by atoms with Crippen LogP contribution in [0.15, 0.2) is 47.0 Å². The second-order valence-corrected chi connectivity index (χ2v) is 8.08. The fraction of sp³-hybridized carbons (Fsp3) is 0.409. The van der Waals surface area contributed by atoms with Crippen molar-refractivity contribution in [2.24, 2.45) is 5.41 Å². The Kier molecular flexibility index (Phi) is 4.47. The molecule has 2 aromatic carbocycles. The number of nitrogens with zero attached hydrogens (tertiary/aromatic N) is 3. The van der Waals surface area contributed by atoms with Crippen LogP contribution in [0, 0.1) is 12.3 Å². The number of aryl methyl sites for hydroxylation is 1. The molecule has 3 heterocycles. The number of carbonyl (C=O) groups is 1. The van der Waals surface area contributed by atoms with Crippen LogP contribution in [0.25, 0.3) is 10.8 Å². The summed E-state index contributed by atoms with van der Waals surface area (Å²) in [5, 5.41) is 9.29. The Morgan fingerprint density at radius 2 is 1.97 bits per heavy atom. The lowest BCUT2D eigenvalue weighted by Gasteiger charge is -2.36. The summed E-state index contributed by atoms with van der Waals surface area (Å²) in [7, 11) is 0. The number of hydrogen-bond acceptors (Lipinski definition) is 5. The van der Waals surface area contributed by atoms with Gasteiger partial charge >= 0.3 is 6.03 Å². The van der Waals surface area contributed by atoms with Crippen LogP contribution in [0.2, 0.25) is 0 Å². The molecule has 2 aliphatic rings. The zero-order valence-electron chi connectivity index (χ0n) is 16.4. The molecule has 1 N–H and O–H groups in total. The van der Waals surface area contributed by atoms with Crippen LogP contribution in [-0.2, 0) is 4.74 Å². The molecule has 0 unspecified atom stereocenters. The molecule has 0 radical (unpaired) electrons. The number of carbonyl (C=O) groups excluding carboxylic acids is 1. The quantitative estimate of drug-likeness (QED) is 0.714. The highest BCUT2D eigenvalue weighted by Gasteiger charge is 2.51. The van der Waals surface area contributed by atoms with E-state index in [4.69, 9.17) is 9.26 Å². The number of hydrogen-bond donors (Lipinski definition) is 1. The van der Waals surface area contributed by atoms with Gasteiger partial charge in [-0.2, -0.15) is 4.98 Å². The van der Waals surface area contributed by atoms with E-state index in [0.717, 1.165) is 29.3 Å². The van der Waals surface area contributed by atoms with Crippen molar-refractivity contribution in [2.75, 3.05) is 31.6 Å². The topological polar surface area (TPSA) is 80.5 Å². The van der Waals surface area contributed by atoms with Crippen molar-refractivity contribution < 1.29 is 14.1 Å². The number of anilines is 1. The third-order valence-corrected chi connectivity index (χ3v) is 6.27. The Hall–Kier alpha value is -2.93. The number of rotatable bonds is 2. The largest absolute Gasteiger partial charge is 0.381 e. The molecule has 7 heteroatoms. The van der Waals surface area contributed by atoms with Gasteiger partial charge in [0.15, 0.2) is 5.82 Å². The number of benzene rings is 2. The number of aromatic nitrogens is 2. The first-order valence-electron chi connectivity index (χ1n) is 10.1. The first-order chi connectivity index (χ1) is 14.1. The van der Waals surface area contributed by atoms with E-state index in [1.165, 1.54) is 0 Å². The normalized spacial score (nSPS) is 21.0. The number of nitrogens with one attached hydrogen (secondary N) is 1. The molecular formula is C22H24N4O3. The second-order valence-electron chi connectivity index (χ2n) is 8.08. The van der Waals surface area contributed by atoms with Crippen molar-refractivity contribution in [1.29, 1.82) is 0 Å². The Bertz CT molecular complexity index is 1040. The summed E-state index contributed by atoms with van der Waals surface area (Å²) in [4.78, 5) is 19.4. The van der Waals surface area contributed by atoms with Gasteiger partial charge in [-0.05, 0) is 42.7 Å². The summed E-state index contributed by atoms with van der Waals surface area (Å²) in [6.07, 6.45) is 1.78. The third kappa shape index (κ3) is 3.35. The molecule has 2 aliphatic heterocycles. The highest BCUT2D eigenvalue weighted by atomic mass is 16.5. The fourth-order valence-electron chi connectivity index (χ4n) is 4.67. The van der Waals surface area contributed by atoms with Crippen LogP contribution in [0.4, 0.5) is 10.5 Å². The van der Waals surface area contributed by atoms with Crippen molar-refractivity contribution in [2.45, 2.75) is 25.7 Å². The predicted octanol–water partition coefficient (Wildman–Crippen LogP) is 3.96. The summed E-state index contributed by atoms with van der Waals surface area (Å²) in [5.41, 5.74) is 0.726. The van der Waals surface area contributed by atoms with E-state index in [1.54, 1.807) is 0 Å². The van der Waals surface area contributed by atoms with Gasteiger partial charge in [-0.1, -0.05) is 35.5 Å². The smallest absolute Gasteiger partial charge is 0.321 e. The molecule has 7 nitrogen and oxygen atoms in total. The predicted molar refractivity (Wildman–Crippen MR) is 109 cm³/mol. The van der Waals surface area contributed by atoms with Gasteiger partial charge in [0.2, 0.25) is 5.89 Å². The van der Waals surface area contributed by atoms with E-state index in [9.17, 15) is 4.79 Å². The van der Waals surface area contributed by atoms with Crippen LogP contribution >= 0.6 is 0 Å². The van der Waals surface area contributed by atoms with Gasteiger partial charge in [0, 0.05) is 37.4 Å². The van der Waals surface area contributed by atoms with Crippen molar-refractivity contribution >= 4 is 22.5 Å². The summed E-state index contributed by atoms with van der Waals surface area (Å²) in [5.74, 6) is 1.29. The molecule has 0 saturated carbocycles. The molecule has 2 fully saturated rings. The molecule has 2 saturated heterocycles. The fourth-order valence-corrected chi connectivity index (χ4v) is 4.67. The van der Waals surface area contributed by atoms with Gasteiger partial charge in [0.25, 0.3) is 0 Å². The molecule has 1 spiro atoms. The first kappa shape index (κ1) is 18.1. The number of ether oxygens (including phenoxy) is 1. The molecule has 150 valence electrons. The maximum atomic E-state index is 13.1. The highest BCUT2D eigenvalue weighted by Crippen LogP contribution is 2.49. The molecule has 2 amide bonds. The zero-order valence-corrected chi connectivity index (χ0v) is 16.4. The van der Waals surface area contributed by atoms with Crippen molar-refractivity contribution in [1.82, 2.24) is 15.0 Å². The van der Waals surface area contributed by atoms with E-state index < -0.39 is 0 Å². The summed E-state index contributed by atoms with van der Waals surface area (Å²) in [6, 6.07) is 14.0. The van der Waals surface area contributed by atoms with Crippen molar-refractivity contribution in [3.8, 4) is 0 Å². The van der Waals surface area contributed by atoms with E-state index in [2.05, 4.69) is 21.5 Å². The minimum Gasteiger partial charge on any atom is -0.381 e. The Balaban J connectivity index is 1.38. The van der Waals surface area contributed by atoms with Gasteiger partial charge in [0.1, 0.15) is 0 Å². The van der Waals surface area contributed by atoms with E-state index in [-0.39, 0.29) is 17.4 Å². The number of amides is 2. The van der Waals surface area contributed by atoms with Gasteiger partial charge < -0.3 is 19.5 Å². The molecule has 0 bridgehead atoms. The first-order valence-corrected chi connectivity index (χ1v) is 10.1. The third-order valence-electron chi connectivity index (χ3n) is 6.27. The van der Waals surface area contributed by atoms with Gasteiger partial charge in [-0.15, -0.1) is 0 Å². The molecule has 5 rings (SSSR count). The maximum Gasteiger partial charge on any atom is 0.321 e. The van der Waals surface area contributed by atoms with Crippen LogP contribution in [0.5, 0.6) is 0 Å². The number of fused-ring (bicyclic) bond motifs is 1. The van der Waals surface area contributed by atoms with E-state index in [0.29, 0.717) is 38.0 Å². The Morgan fingerprint density at radius 3 is 2.72 bits per heavy atom. The number of likely N-dealkylation sites (tertiary alicyclic amines) is 1.